The molecule has 3 aromatic rings. The Morgan fingerprint density at radius 3 is 2.43 bits per heavy atom. The van der Waals surface area contributed by atoms with Crippen molar-refractivity contribution >= 4 is 11.9 Å². The molecule has 1 aromatic heterocycles. The topological polar surface area (TPSA) is 25.2 Å². The molecule has 0 aliphatic rings. The van der Waals surface area contributed by atoms with Crippen LogP contribution >= 0.6 is 0 Å². The first-order valence-electron chi connectivity index (χ1n) is 6.95. The highest BCUT2D eigenvalue weighted by molar-refractivity contribution is 5.85. The Hall–Kier alpha value is -2.74. The monoisotopic (exact) mass is 272 g/mol. The number of para-hydroxylation sites is 1. The zero-order chi connectivity index (χ0) is 14.5. The largest absolute Gasteiger partial charge is 0.255 e. The third kappa shape index (κ3) is 3.06. The third-order valence-electron chi connectivity index (χ3n) is 3.34. The van der Waals surface area contributed by atoms with Crippen LogP contribution in [0.1, 0.15) is 11.3 Å². The fourth-order valence-electron chi connectivity index (χ4n) is 2.26. The van der Waals surface area contributed by atoms with E-state index in [-0.39, 0.29) is 0 Å². The SMILES string of the molecule is Cc1cccc(-c2ccccc2)c1N=Cc1ccccn1. The summed E-state index contributed by atoms with van der Waals surface area (Å²) in [6.07, 6.45) is 3.59. The lowest BCUT2D eigenvalue weighted by atomic mass is 10.0. The molecule has 0 amide bonds. The van der Waals surface area contributed by atoms with Gasteiger partial charge in [0.15, 0.2) is 0 Å². The average molecular weight is 272 g/mol. The molecule has 0 aliphatic carbocycles. The molecule has 102 valence electrons. The van der Waals surface area contributed by atoms with Crippen LogP contribution in [0.5, 0.6) is 0 Å². The van der Waals surface area contributed by atoms with Crippen molar-refractivity contribution < 1.29 is 0 Å². The lowest BCUT2D eigenvalue weighted by Gasteiger charge is -2.08. The van der Waals surface area contributed by atoms with Crippen molar-refractivity contribution in [3.63, 3.8) is 0 Å². The van der Waals surface area contributed by atoms with Gasteiger partial charge in [-0.1, -0.05) is 54.6 Å². The summed E-state index contributed by atoms with van der Waals surface area (Å²) in [5, 5.41) is 0. The van der Waals surface area contributed by atoms with Crippen LogP contribution in [0.25, 0.3) is 11.1 Å². The average Bonchev–Trinajstić information content (AvgIpc) is 2.55. The quantitative estimate of drug-likeness (QED) is 0.628. The van der Waals surface area contributed by atoms with Gasteiger partial charge in [0.05, 0.1) is 17.6 Å². The highest BCUT2D eigenvalue weighted by Gasteiger charge is 2.06. The van der Waals surface area contributed by atoms with Gasteiger partial charge in [0.1, 0.15) is 0 Å². The van der Waals surface area contributed by atoms with Crippen molar-refractivity contribution in [2.75, 3.05) is 0 Å². The van der Waals surface area contributed by atoms with Crippen LogP contribution in [-0.2, 0) is 0 Å². The molecule has 0 unspecified atom stereocenters. The minimum Gasteiger partial charge on any atom is -0.255 e. The van der Waals surface area contributed by atoms with Gasteiger partial charge >= 0.3 is 0 Å². The number of nitrogens with zero attached hydrogens (tertiary/aromatic N) is 2. The normalized spacial score (nSPS) is 10.9. The van der Waals surface area contributed by atoms with Gasteiger partial charge in [-0.25, -0.2) is 0 Å². The number of aromatic nitrogens is 1. The van der Waals surface area contributed by atoms with Gasteiger partial charge in [-0.2, -0.15) is 0 Å². The standard InChI is InChI=1S/C19H16N2/c1-15-8-7-12-18(16-9-3-2-4-10-16)19(15)21-14-17-11-5-6-13-20-17/h2-14H,1H3. The summed E-state index contributed by atoms with van der Waals surface area (Å²) < 4.78 is 0. The highest BCUT2D eigenvalue weighted by Crippen LogP contribution is 2.32. The molecule has 2 heteroatoms. The number of benzene rings is 2. The van der Waals surface area contributed by atoms with Gasteiger partial charge in [0.2, 0.25) is 0 Å². The Bertz CT molecular complexity index is 747. The molecule has 0 fully saturated rings. The molecule has 0 spiro atoms. The maximum atomic E-state index is 4.66. The Kier molecular flexibility index (Phi) is 3.88. The molecule has 0 N–H and O–H groups in total. The molecule has 3 rings (SSSR count). The van der Waals surface area contributed by atoms with Gasteiger partial charge in [0, 0.05) is 11.8 Å². The summed E-state index contributed by atoms with van der Waals surface area (Å²) in [4.78, 5) is 8.94. The van der Waals surface area contributed by atoms with Crippen LogP contribution in [0.15, 0.2) is 77.9 Å². The predicted octanol–water partition coefficient (Wildman–Crippen LogP) is 4.81. The summed E-state index contributed by atoms with van der Waals surface area (Å²) in [6.45, 7) is 2.08. The van der Waals surface area contributed by atoms with E-state index >= 15 is 0 Å². The van der Waals surface area contributed by atoms with Crippen molar-refractivity contribution in [1.82, 2.24) is 4.98 Å². The Morgan fingerprint density at radius 1 is 0.857 bits per heavy atom. The van der Waals surface area contributed by atoms with E-state index in [1.54, 1.807) is 6.20 Å². The molecule has 0 aliphatic heterocycles. The molecule has 0 atom stereocenters. The lowest BCUT2D eigenvalue weighted by Crippen LogP contribution is -1.87. The molecule has 2 aromatic carbocycles. The van der Waals surface area contributed by atoms with Gasteiger partial charge < -0.3 is 0 Å². The molecular weight excluding hydrogens is 256 g/mol. The van der Waals surface area contributed by atoms with Crippen molar-refractivity contribution in [1.29, 1.82) is 0 Å². The van der Waals surface area contributed by atoms with E-state index in [0.29, 0.717) is 0 Å². The van der Waals surface area contributed by atoms with E-state index in [9.17, 15) is 0 Å². The van der Waals surface area contributed by atoms with Crippen LogP contribution in [0.3, 0.4) is 0 Å². The number of rotatable bonds is 3. The van der Waals surface area contributed by atoms with Crippen molar-refractivity contribution in [2.45, 2.75) is 6.92 Å². The number of hydrogen-bond acceptors (Lipinski definition) is 2. The first-order valence-corrected chi connectivity index (χ1v) is 6.95. The number of aryl methyl sites for hydroxylation is 1. The molecule has 21 heavy (non-hydrogen) atoms. The summed E-state index contributed by atoms with van der Waals surface area (Å²) >= 11 is 0. The number of aliphatic imine (C=N–C) groups is 1. The first kappa shape index (κ1) is 13.3. The van der Waals surface area contributed by atoms with Crippen molar-refractivity contribution in [2.24, 2.45) is 4.99 Å². The smallest absolute Gasteiger partial charge is 0.0812 e. The minimum atomic E-state index is 0.861. The fraction of sp³-hybridized carbons (Fsp3) is 0.0526. The van der Waals surface area contributed by atoms with E-state index in [0.717, 1.165) is 22.5 Å². The number of pyridine rings is 1. The van der Waals surface area contributed by atoms with Crippen molar-refractivity contribution in [3.05, 3.63) is 84.2 Å². The van der Waals surface area contributed by atoms with E-state index in [4.69, 9.17) is 0 Å². The van der Waals surface area contributed by atoms with Crippen LogP contribution < -0.4 is 0 Å². The van der Waals surface area contributed by atoms with Gasteiger partial charge in [-0.05, 0) is 30.2 Å². The minimum absolute atomic E-state index is 0.861. The third-order valence-corrected chi connectivity index (χ3v) is 3.34. The van der Waals surface area contributed by atoms with Gasteiger partial charge in [0.25, 0.3) is 0 Å². The van der Waals surface area contributed by atoms with Gasteiger partial charge in [-0.3, -0.25) is 9.98 Å². The van der Waals surface area contributed by atoms with Crippen LogP contribution in [-0.4, -0.2) is 11.2 Å². The van der Waals surface area contributed by atoms with Crippen LogP contribution in [0.2, 0.25) is 0 Å². The van der Waals surface area contributed by atoms with Gasteiger partial charge in [-0.15, -0.1) is 0 Å². The zero-order valence-corrected chi connectivity index (χ0v) is 11.9. The molecule has 1 heterocycles. The second kappa shape index (κ2) is 6.14. The molecular formula is C19H16N2. The molecule has 2 nitrogen and oxygen atoms in total. The number of hydrogen-bond donors (Lipinski definition) is 0. The Labute approximate surface area is 124 Å². The fourth-order valence-corrected chi connectivity index (χ4v) is 2.26. The summed E-state index contributed by atoms with van der Waals surface area (Å²) in [6, 6.07) is 22.4. The van der Waals surface area contributed by atoms with E-state index in [1.165, 1.54) is 5.56 Å². The summed E-state index contributed by atoms with van der Waals surface area (Å²) in [7, 11) is 0. The summed E-state index contributed by atoms with van der Waals surface area (Å²) in [5.74, 6) is 0. The van der Waals surface area contributed by atoms with E-state index in [2.05, 4.69) is 47.2 Å². The molecule has 0 saturated heterocycles. The highest BCUT2D eigenvalue weighted by atomic mass is 14.8. The lowest BCUT2D eigenvalue weighted by molar-refractivity contribution is 1.30. The second-order valence-electron chi connectivity index (χ2n) is 4.85. The maximum absolute atomic E-state index is 4.66. The van der Waals surface area contributed by atoms with E-state index < -0.39 is 0 Å². The second-order valence-corrected chi connectivity index (χ2v) is 4.85. The predicted molar refractivity (Wildman–Crippen MR) is 88.1 cm³/mol. The van der Waals surface area contributed by atoms with Crippen LogP contribution in [0, 0.1) is 6.92 Å². The van der Waals surface area contributed by atoms with Crippen molar-refractivity contribution in [3.8, 4) is 11.1 Å². The molecule has 0 bridgehead atoms. The Morgan fingerprint density at radius 2 is 1.67 bits per heavy atom. The van der Waals surface area contributed by atoms with Crippen LogP contribution in [0.4, 0.5) is 5.69 Å². The van der Waals surface area contributed by atoms with E-state index in [1.807, 2.05) is 42.6 Å². The zero-order valence-electron chi connectivity index (χ0n) is 11.9. The summed E-state index contributed by atoms with van der Waals surface area (Å²) in [5.41, 5.74) is 5.33. The maximum Gasteiger partial charge on any atom is 0.0812 e. The Balaban J connectivity index is 2.04. The molecule has 0 radical (unpaired) electrons. The molecule has 0 saturated carbocycles. The first-order chi connectivity index (χ1) is 10.3.